The van der Waals surface area contributed by atoms with E-state index in [0.717, 1.165) is 22.8 Å². The first kappa shape index (κ1) is 14.4. The van der Waals surface area contributed by atoms with E-state index in [2.05, 4.69) is 29.1 Å². The Kier molecular flexibility index (Phi) is 4.15. The maximum Gasteiger partial charge on any atom is 0.159 e. The van der Waals surface area contributed by atoms with E-state index in [0.29, 0.717) is 11.5 Å². The molecular formula is C17H21N3S. The van der Waals surface area contributed by atoms with Crippen LogP contribution in [0.15, 0.2) is 42.7 Å². The number of aromatic nitrogens is 2. The molecule has 0 radical (unpaired) electrons. The zero-order valence-corrected chi connectivity index (χ0v) is 13.4. The molecule has 110 valence electrons. The van der Waals surface area contributed by atoms with Crippen LogP contribution < -0.4 is 5.32 Å². The SMILES string of the molecule is CC1(C)CSCC(Nc2cnc(-c3ccccc3)nc2)C1. The van der Waals surface area contributed by atoms with E-state index in [1.54, 1.807) is 0 Å². The summed E-state index contributed by atoms with van der Waals surface area (Å²) in [6.07, 6.45) is 4.98. The van der Waals surface area contributed by atoms with Gasteiger partial charge in [-0.25, -0.2) is 9.97 Å². The van der Waals surface area contributed by atoms with Gasteiger partial charge in [-0.2, -0.15) is 11.8 Å². The molecule has 1 aliphatic heterocycles. The monoisotopic (exact) mass is 299 g/mol. The molecule has 1 atom stereocenters. The summed E-state index contributed by atoms with van der Waals surface area (Å²) in [6.45, 7) is 4.67. The zero-order chi connectivity index (χ0) is 14.7. The number of rotatable bonds is 3. The minimum absolute atomic E-state index is 0.408. The average molecular weight is 299 g/mol. The Morgan fingerprint density at radius 1 is 1.14 bits per heavy atom. The molecule has 0 bridgehead atoms. The summed E-state index contributed by atoms with van der Waals surface area (Å²) in [7, 11) is 0. The Bertz CT molecular complexity index is 581. The van der Waals surface area contributed by atoms with Crippen LogP contribution in [0, 0.1) is 5.41 Å². The molecule has 1 aromatic carbocycles. The minimum atomic E-state index is 0.408. The number of nitrogens with one attached hydrogen (secondary N) is 1. The van der Waals surface area contributed by atoms with Crippen molar-refractivity contribution in [2.75, 3.05) is 16.8 Å². The molecule has 1 aromatic heterocycles. The van der Waals surface area contributed by atoms with E-state index < -0.39 is 0 Å². The van der Waals surface area contributed by atoms with Crippen molar-refractivity contribution in [3.63, 3.8) is 0 Å². The molecule has 4 heteroatoms. The third-order valence-electron chi connectivity index (χ3n) is 3.67. The number of thioether (sulfide) groups is 1. The molecular weight excluding hydrogens is 278 g/mol. The highest BCUT2D eigenvalue weighted by Gasteiger charge is 2.28. The van der Waals surface area contributed by atoms with Crippen molar-refractivity contribution in [2.24, 2.45) is 5.41 Å². The van der Waals surface area contributed by atoms with Crippen LogP contribution in [-0.2, 0) is 0 Å². The maximum absolute atomic E-state index is 4.47. The Balaban J connectivity index is 1.67. The molecule has 3 nitrogen and oxygen atoms in total. The molecule has 0 aliphatic carbocycles. The molecule has 0 amide bonds. The van der Waals surface area contributed by atoms with E-state index in [9.17, 15) is 0 Å². The fourth-order valence-corrected chi connectivity index (χ4v) is 4.00. The Labute approximate surface area is 130 Å². The van der Waals surface area contributed by atoms with Gasteiger partial charge in [-0.1, -0.05) is 44.2 Å². The van der Waals surface area contributed by atoms with Crippen molar-refractivity contribution in [1.29, 1.82) is 0 Å². The molecule has 0 spiro atoms. The second kappa shape index (κ2) is 6.06. The first-order chi connectivity index (χ1) is 10.1. The zero-order valence-electron chi connectivity index (χ0n) is 12.5. The van der Waals surface area contributed by atoms with Gasteiger partial charge < -0.3 is 5.32 Å². The number of anilines is 1. The van der Waals surface area contributed by atoms with Gasteiger partial charge in [0.2, 0.25) is 0 Å². The van der Waals surface area contributed by atoms with Crippen LogP contribution in [-0.4, -0.2) is 27.5 Å². The van der Waals surface area contributed by atoms with Crippen molar-refractivity contribution < 1.29 is 0 Å². The summed E-state index contributed by atoms with van der Waals surface area (Å²) < 4.78 is 0. The molecule has 0 saturated carbocycles. The van der Waals surface area contributed by atoms with Crippen LogP contribution in [0.2, 0.25) is 0 Å². The Morgan fingerprint density at radius 2 is 1.86 bits per heavy atom. The predicted octanol–water partition coefficient (Wildman–Crippen LogP) is 4.09. The van der Waals surface area contributed by atoms with Crippen molar-refractivity contribution in [2.45, 2.75) is 26.3 Å². The molecule has 1 saturated heterocycles. The van der Waals surface area contributed by atoms with Crippen LogP contribution >= 0.6 is 11.8 Å². The maximum atomic E-state index is 4.47. The lowest BCUT2D eigenvalue weighted by Crippen LogP contribution is -2.35. The topological polar surface area (TPSA) is 37.8 Å². The van der Waals surface area contributed by atoms with Gasteiger partial charge in [0.25, 0.3) is 0 Å². The summed E-state index contributed by atoms with van der Waals surface area (Å²) in [6, 6.07) is 10.6. The third kappa shape index (κ3) is 3.76. The van der Waals surface area contributed by atoms with Gasteiger partial charge in [0, 0.05) is 17.4 Å². The smallest absolute Gasteiger partial charge is 0.159 e. The quantitative estimate of drug-likeness (QED) is 0.926. The van der Waals surface area contributed by atoms with E-state index in [4.69, 9.17) is 0 Å². The standard InChI is InChI=1S/C17H21N3S/c1-17(2)8-14(11-21-12-17)20-15-9-18-16(19-10-15)13-6-4-3-5-7-13/h3-7,9-10,14,20H,8,11-12H2,1-2H3. The van der Waals surface area contributed by atoms with Crippen LogP contribution in [0.1, 0.15) is 20.3 Å². The summed E-state index contributed by atoms with van der Waals surface area (Å²) in [5.41, 5.74) is 2.47. The van der Waals surface area contributed by atoms with Gasteiger partial charge >= 0.3 is 0 Å². The van der Waals surface area contributed by atoms with E-state index in [-0.39, 0.29) is 0 Å². The number of benzene rings is 1. The molecule has 1 N–H and O–H groups in total. The second-order valence-corrected chi connectivity index (χ2v) is 7.42. The molecule has 1 fully saturated rings. The molecule has 1 unspecified atom stereocenters. The minimum Gasteiger partial charge on any atom is -0.379 e. The van der Waals surface area contributed by atoms with Gasteiger partial charge in [0.15, 0.2) is 5.82 Å². The highest BCUT2D eigenvalue weighted by Crippen LogP contribution is 2.34. The fraction of sp³-hybridized carbons (Fsp3) is 0.412. The van der Waals surface area contributed by atoms with Gasteiger partial charge in [-0.3, -0.25) is 0 Å². The van der Waals surface area contributed by atoms with Crippen LogP contribution in [0.4, 0.5) is 5.69 Å². The summed E-state index contributed by atoms with van der Waals surface area (Å²) in [4.78, 5) is 8.94. The Morgan fingerprint density at radius 3 is 2.52 bits per heavy atom. The summed E-state index contributed by atoms with van der Waals surface area (Å²) in [5, 5.41) is 3.57. The average Bonchev–Trinajstić information content (AvgIpc) is 2.48. The molecule has 3 rings (SSSR count). The number of hydrogen-bond acceptors (Lipinski definition) is 4. The molecule has 2 aromatic rings. The molecule has 21 heavy (non-hydrogen) atoms. The second-order valence-electron chi connectivity index (χ2n) is 6.39. The van der Waals surface area contributed by atoms with Crippen LogP contribution in [0.25, 0.3) is 11.4 Å². The highest BCUT2D eigenvalue weighted by molar-refractivity contribution is 7.99. The summed E-state index contributed by atoms with van der Waals surface area (Å²) >= 11 is 2.03. The lowest BCUT2D eigenvalue weighted by Gasteiger charge is -2.35. The van der Waals surface area contributed by atoms with E-state index in [1.165, 1.54) is 12.2 Å². The van der Waals surface area contributed by atoms with Crippen LogP contribution in [0.5, 0.6) is 0 Å². The van der Waals surface area contributed by atoms with E-state index in [1.807, 2.05) is 54.5 Å². The Hall–Kier alpha value is -1.55. The lowest BCUT2D eigenvalue weighted by molar-refractivity contribution is 0.358. The highest BCUT2D eigenvalue weighted by atomic mass is 32.2. The summed E-state index contributed by atoms with van der Waals surface area (Å²) in [5.74, 6) is 3.18. The molecule has 1 aliphatic rings. The first-order valence-corrected chi connectivity index (χ1v) is 8.50. The number of hydrogen-bond donors (Lipinski definition) is 1. The van der Waals surface area contributed by atoms with Crippen molar-refractivity contribution >= 4 is 17.4 Å². The number of nitrogens with zero attached hydrogens (tertiary/aromatic N) is 2. The van der Waals surface area contributed by atoms with Crippen LogP contribution in [0.3, 0.4) is 0 Å². The lowest BCUT2D eigenvalue weighted by atomic mass is 9.88. The molecule has 2 heterocycles. The first-order valence-electron chi connectivity index (χ1n) is 7.34. The van der Waals surface area contributed by atoms with Crippen molar-refractivity contribution in [3.8, 4) is 11.4 Å². The van der Waals surface area contributed by atoms with Gasteiger partial charge in [0.1, 0.15) is 0 Å². The van der Waals surface area contributed by atoms with E-state index >= 15 is 0 Å². The van der Waals surface area contributed by atoms with Gasteiger partial charge in [0.05, 0.1) is 18.1 Å². The third-order valence-corrected chi connectivity index (χ3v) is 5.29. The van der Waals surface area contributed by atoms with Crippen molar-refractivity contribution in [1.82, 2.24) is 9.97 Å². The van der Waals surface area contributed by atoms with Gasteiger partial charge in [-0.05, 0) is 17.6 Å². The normalized spacial score (nSPS) is 21.0. The fourth-order valence-electron chi connectivity index (χ4n) is 2.73. The largest absolute Gasteiger partial charge is 0.379 e. The van der Waals surface area contributed by atoms with Gasteiger partial charge in [-0.15, -0.1) is 0 Å². The predicted molar refractivity (Wildman–Crippen MR) is 90.6 cm³/mol. The van der Waals surface area contributed by atoms with Crippen molar-refractivity contribution in [3.05, 3.63) is 42.7 Å².